The highest BCUT2D eigenvalue weighted by Gasteiger charge is 2.26. The van der Waals surface area contributed by atoms with Crippen LogP contribution >= 0.6 is 11.3 Å². The molecule has 1 N–H and O–H groups in total. The number of nitrogens with one attached hydrogen (secondary N) is 1. The molecular weight excluding hydrogens is 415 g/mol. The lowest BCUT2D eigenvalue weighted by molar-refractivity contribution is 0.0730. The molecule has 1 fully saturated rings. The highest BCUT2D eigenvalue weighted by molar-refractivity contribution is 7.89. The van der Waals surface area contributed by atoms with Crippen molar-refractivity contribution in [1.29, 1.82) is 0 Å². The highest BCUT2D eigenvalue weighted by Crippen LogP contribution is 2.26. The number of halogens is 1. The smallest absolute Gasteiger partial charge is 0.261 e. The summed E-state index contributed by atoms with van der Waals surface area (Å²) in [6.45, 7) is 1.75. The first kappa shape index (κ1) is 20.0. The first-order chi connectivity index (χ1) is 13.9. The third kappa shape index (κ3) is 4.32. The van der Waals surface area contributed by atoms with Crippen molar-refractivity contribution in [1.82, 2.24) is 9.62 Å². The van der Waals surface area contributed by atoms with Gasteiger partial charge in [0.25, 0.3) is 5.91 Å². The average molecular weight is 435 g/mol. The molecule has 152 valence electrons. The summed E-state index contributed by atoms with van der Waals surface area (Å²) in [4.78, 5) is 13.1. The summed E-state index contributed by atoms with van der Waals surface area (Å²) in [6, 6.07) is 12.6. The topological polar surface area (TPSA) is 75.7 Å². The van der Waals surface area contributed by atoms with Gasteiger partial charge in [0.2, 0.25) is 10.0 Å². The van der Waals surface area contributed by atoms with E-state index in [2.05, 4.69) is 5.32 Å². The van der Waals surface area contributed by atoms with Crippen LogP contribution in [0.4, 0.5) is 4.39 Å². The molecule has 29 heavy (non-hydrogen) atoms. The molecule has 1 saturated heterocycles. The van der Waals surface area contributed by atoms with Gasteiger partial charge in [-0.2, -0.15) is 4.31 Å². The summed E-state index contributed by atoms with van der Waals surface area (Å²) in [6.07, 6.45) is 0. The molecule has 0 radical (unpaired) electrons. The number of benzene rings is 2. The molecule has 1 aliphatic rings. The van der Waals surface area contributed by atoms with Gasteiger partial charge in [-0.05, 0) is 47.3 Å². The lowest BCUT2D eigenvalue weighted by atomic mass is 10.2. The van der Waals surface area contributed by atoms with Crippen LogP contribution in [-0.2, 0) is 21.3 Å². The van der Waals surface area contributed by atoms with Crippen molar-refractivity contribution < 1.29 is 22.3 Å². The minimum Gasteiger partial charge on any atom is -0.379 e. The number of rotatable bonds is 5. The molecule has 0 atom stereocenters. The fourth-order valence-electron chi connectivity index (χ4n) is 3.11. The summed E-state index contributed by atoms with van der Waals surface area (Å²) in [5, 5.41) is 3.51. The van der Waals surface area contributed by atoms with Crippen LogP contribution in [-0.4, -0.2) is 44.9 Å². The van der Waals surface area contributed by atoms with Crippen molar-refractivity contribution in [2.24, 2.45) is 0 Å². The predicted molar refractivity (Wildman–Crippen MR) is 109 cm³/mol. The summed E-state index contributed by atoms with van der Waals surface area (Å²) >= 11 is 1.30. The Balaban J connectivity index is 1.41. The number of fused-ring (bicyclic) bond motifs is 1. The van der Waals surface area contributed by atoms with Crippen molar-refractivity contribution in [2.75, 3.05) is 26.3 Å². The number of carbonyl (C=O) groups is 1. The van der Waals surface area contributed by atoms with Crippen LogP contribution in [0, 0.1) is 5.82 Å². The first-order valence-corrected chi connectivity index (χ1v) is 11.3. The fraction of sp³-hybridized carbons (Fsp3) is 0.250. The van der Waals surface area contributed by atoms with Gasteiger partial charge in [-0.15, -0.1) is 11.3 Å². The number of sulfonamides is 1. The Labute approximate surface area is 172 Å². The van der Waals surface area contributed by atoms with Gasteiger partial charge in [-0.3, -0.25) is 4.79 Å². The van der Waals surface area contributed by atoms with E-state index in [9.17, 15) is 17.6 Å². The maximum absolute atomic E-state index is 13.3. The molecule has 1 amide bonds. The summed E-state index contributed by atoms with van der Waals surface area (Å²) < 4.78 is 46.0. The van der Waals surface area contributed by atoms with E-state index in [4.69, 9.17) is 4.74 Å². The number of ether oxygens (including phenoxy) is 1. The molecule has 4 rings (SSSR count). The standard InChI is InChI=1S/C20H19FN2O4S2/c21-16-3-6-18-15(11-16)12-19(28-18)20(24)22-13-14-1-4-17(5-2-14)29(25,26)23-7-9-27-10-8-23/h1-6,11-12H,7-10,13H2,(H,22,24). The number of morpholine rings is 1. The molecule has 0 unspecified atom stereocenters. The molecule has 0 saturated carbocycles. The number of amides is 1. The molecule has 2 heterocycles. The third-order valence-electron chi connectivity index (χ3n) is 4.69. The molecule has 1 aliphatic heterocycles. The predicted octanol–water partition coefficient (Wildman–Crippen LogP) is 2.99. The Hall–Kier alpha value is -2.33. The van der Waals surface area contributed by atoms with E-state index in [-0.39, 0.29) is 23.2 Å². The first-order valence-electron chi connectivity index (χ1n) is 9.08. The summed E-state index contributed by atoms with van der Waals surface area (Å²) in [5.74, 6) is -0.592. The van der Waals surface area contributed by atoms with E-state index in [1.807, 2.05) is 0 Å². The van der Waals surface area contributed by atoms with Crippen molar-refractivity contribution in [3.05, 3.63) is 64.8 Å². The van der Waals surface area contributed by atoms with Crippen LogP contribution in [0.3, 0.4) is 0 Å². The van der Waals surface area contributed by atoms with Gasteiger partial charge in [0, 0.05) is 24.3 Å². The largest absolute Gasteiger partial charge is 0.379 e. The summed E-state index contributed by atoms with van der Waals surface area (Å²) in [7, 11) is -3.53. The van der Waals surface area contributed by atoms with Crippen molar-refractivity contribution in [3.8, 4) is 0 Å². The Bertz CT molecular complexity index is 1140. The van der Waals surface area contributed by atoms with Crippen LogP contribution in [0.15, 0.2) is 53.4 Å². The van der Waals surface area contributed by atoms with E-state index in [0.29, 0.717) is 36.6 Å². The van der Waals surface area contributed by atoms with E-state index in [1.54, 1.807) is 36.4 Å². The monoisotopic (exact) mass is 434 g/mol. The minimum absolute atomic E-state index is 0.223. The van der Waals surface area contributed by atoms with Gasteiger partial charge in [0.1, 0.15) is 5.82 Å². The van der Waals surface area contributed by atoms with Crippen molar-refractivity contribution in [3.63, 3.8) is 0 Å². The van der Waals surface area contributed by atoms with Crippen LogP contribution in [0.5, 0.6) is 0 Å². The van der Waals surface area contributed by atoms with Crippen LogP contribution in [0.1, 0.15) is 15.2 Å². The van der Waals surface area contributed by atoms with E-state index >= 15 is 0 Å². The second kappa shape index (κ2) is 8.19. The Morgan fingerprint density at radius 2 is 1.83 bits per heavy atom. The van der Waals surface area contributed by atoms with E-state index in [1.165, 1.54) is 27.8 Å². The molecule has 2 aromatic carbocycles. The summed E-state index contributed by atoms with van der Waals surface area (Å²) in [5.41, 5.74) is 0.784. The molecule has 9 heteroatoms. The second-order valence-corrected chi connectivity index (χ2v) is 9.66. The molecule has 0 aliphatic carbocycles. The van der Waals surface area contributed by atoms with Crippen LogP contribution < -0.4 is 5.32 Å². The lowest BCUT2D eigenvalue weighted by Gasteiger charge is -2.26. The number of hydrogen-bond donors (Lipinski definition) is 1. The zero-order valence-corrected chi connectivity index (χ0v) is 17.1. The second-order valence-electron chi connectivity index (χ2n) is 6.64. The lowest BCUT2D eigenvalue weighted by Crippen LogP contribution is -2.40. The molecule has 6 nitrogen and oxygen atoms in total. The molecule has 0 bridgehead atoms. The van der Waals surface area contributed by atoms with Crippen LogP contribution in [0.2, 0.25) is 0 Å². The van der Waals surface area contributed by atoms with Crippen molar-refractivity contribution in [2.45, 2.75) is 11.4 Å². The Kier molecular flexibility index (Phi) is 5.64. The average Bonchev–Trinajstić information content (AvgIpc) is 3.16. The quantitative estimate of drug-likeness (QED) is 0.670. The number of nitrogens with zero attached hydrogens (tertiary/aromatic N) is 1. The van der Waals surface area contributed by atoms with Crippen LogP contribution in [0.25, 0.3) is 10.1 Å². The number of hydrogen-bond acceptors (Lipinski definition) is 5. The maximum Gasteiger partial charge on any atom is 0.261 e. The van der Waals surface area contributed by atoms with Gasteiger partial charge in [0.05, 0.1) is 23.0 Å². The highest BCUT2D eigenvalue weighted by atomic mass is 32.2. The van der Waals surface area contributed by atoms with Gasteiger partial charge < -0.3 is 10.1 Å². The maximum atomic E-state index is 13.3. The Morgan fingerprint density at radius 3 is 2.55 bits per heavy atom. The third-order valence-corrected chi connectivity index (χ3v) is 7.71. The van der Waals surface area contributed by atoms with E-state index < -0.39 is 10.0 Å². The number of carbonyl (C=O) groups excluding carboxylic acids is 1. The fourth-order valence-corrected chi connectivity index (χ4v) is 5.48. The minimum atomic E-state index is -3.53. The Morgan fingerprint density at radius 1 is 1.10 bits per heavy atom. The zero-order chi connectivity index (χ0) is 20.4. The SMILES string of the molecule is O=C(NCc1ccc(S(=O)(=O)N2CCOCC2)cc1)c1cc2cc(F)ccc2s1. The zero-order valence-electron chi connectivity index (χ0n) is 15.4. The van der Waals surface area contributed by atoms with Crippen molar-refractivity contribution >= 4 is 37.4 Å². The molecule has 0 spiro atoms. The van der Waals surface area contributed by atoms with E-state index in [0.717, 1.165) is 10.3 Å². The molecule has 1 aromatic heterocycles. The molecular formula is C20H19FN2O4S2. The molecule has 3 aromatic rings. The van der Waals surface area contributed by atoms with Gasteiger partial charge in [-0.1, -0.05) is 12.1 Å². The van der Waals surface area contributed by atoms with Gasteiger partial charge in [-0.25, -0.2) is 12.8 Å². The number of thiophene rings is 1. The van der Waals surface area contributed by atoms with Gasteiger partial charge >= 0.3 is 0 Å². The van der Waals surface area contributed by atoms with Gasteiger partial charge in [0.15, 0.2) is 0 Å². The normalized spacial score (nSPS) is 15.5.